The van der Waals surface area contributed by atoms with Crippen LogP contribution in [-0.2, 0) is 6.42 Å². The van der Waals surface area contributed by atoms with E-state index in [0.29, 0.717) is 5.75 Å². The van der Waals surface area contributed by atoms with Gasteiger partial charge in [-0.3, -0.25) is 0 Å². The molecule has 1 aliphatic heterocycles. The number of nitrogens with one attached hydrogen (secondary N) is 2. The van der Waals surface area contributed by atoms with Gasteiger partial charge >= 0.3 is 6.03 Å². The molecule has 5 nitrogen and oxygen atoms in total. The predicted octanol–water partition coefficient (Wildman–Crippen LogP) is 3.74. The van der Waals surface area contributed by atoms with Crippen molar-refractivity contribution in [2.75, 3.05) is 18.5 Å². The van der Waals surface area contributed by atoms with Crippen LogP contribution in [0.1, 0.15) is 19.4 Å². The minimum absolute atomic E-state index is 0.118. The highest BCUT2D eigenvalue weighted by molar-refractivity contribution is 5.89. The summed E-state index contributed by atoms with van der Waals surface area (Å²) in [5, 5.41) is 4.96. The Balaban J connectivity index is 1.44. The number of carbonyl (C=O) groups is 1. The molecule has 2 aromatic rings. The fourth-order valence-corrected chi connectivity index (χ4v) is 2.78. The molecule has 0 aliphatic carbocycles. The van der Waals surface area contributed by atoms with Crippen molar-refractivity contribution in [1.82, 2.24) is 5.32 Å². The van der Waals surface area contributed by atoms with Crippen molar-refractivity contribution in [1.29, 1.82) is 0 Å². The van der Waals surface area contributed by atoms with Crippen LogP contribution in [-0.4, -0.2) is 24.8 Å². The molecule has 140 valence electrons. The van der Waals surface area contributed by atoms with Gasteiger partial charge in [0.25, 0.3) is 0 Å². The fourth-order valence-electron chi connectivity index (χ4n) is 2.78. The van der Waals surface area contributed by atoms with Crippen LogP contribution in [0, 0.1) is 17.7 Å². The molecule has 1 aliphatic rings. The number of carbonyl (C=O) groups excluding carboxylic acids is 1. The van der Waals surface area contributed by atoms with E-state index < -0.39 is 11.8 Å². The zero-order chi connectivity index (χ0) is 19.3. The third kappa shape index (κ3) is 4.91. The number of fused-ring (bicyclic) bond motifs is 1. The zero-order valence-corrected chi connectivity index (χ0v) is 15.3. The number of benzene rings is 2. The lowest BCUT2D eigenvalue weighted by atomic mass is 10.0. The Labute approximate surface area is 157 Å². The molecule has 2 N–H and O–H groups in total. The molecule has 27 heavy (non-hydrogen) atoms. The molecule has 3 rings (SSSR count). The molecule has 2 aromatic carbocycles. The molecule has 0 bridgehead atoms. The zero-order valence-electron chi connectivity index (χ0n) is 15.3. The third-order valence-electron chi connectivity index (χ3n) is 3.94. The lowest BCUT2D eigenvalue weighted by Crippen LogP contribution is -2.29. The molecule has 0 saturated carbocycles. The highest BCUT2D eigenvalue weighted by atomic mass is 19.1. The molecular formula is C21H21FN2O3. The minimum Gasteiger partial charge on any atom is -0.483 e. The summed E-state index contributed by atoms with van der Waals surface area (Å²) in [4.78, 5) is 11.7. The van der Waals surface area contributed by atoms with Crippen LogP contribution in [0.4, 0.5) is 14.9 Å². The average molecular weight is 368 g/mol. The summed E-state index contributed by atoms with van der Waals surface area (Å²) in [6.45, 7) is 4.38. The van der Waals surface area contributed by atoms with Crippen LogP contribution in [0.15, 0.2) is 42.5 Å². The van der Waals surface area contributed by atoms with Gasteiger partial charge in [-0.1, -0.05) is 36.1 Å². The van der Waals surface area contributed by atoms with Gasteiger partial charge in [0.05, 0.1) is 12.2 Å². The van der Waals surface area contributed by atoms with Crippen LogP contribution < -0.4 is 20.1 Å². The maximum atomic E-state index is 13.4. The fraction of sp³-hybridized carbons (Fsp3) is 0.286. The molecule has 2 amide bonds. The van der Waals surface area contributed by atoms with E-state index in [2.05, 4.69) is 22.5 Å². The molecule has 1 heterocycles. The monoisotopic (exact) mass is 368 g/mol. The quantitative estimate of drug-likeness (QED) is 0.808. The second-order valence-electron chi connectivity index (χ2n) is 6.71. The van der Waals surface area contributed by atoms with Crippen molar-refractivity contribution < 1.29 is 18.7 Å². The van der Waals surface area contributed by atoms with E-state index in [1.165, 1.54) is 12.1 Å². The summed E-state index contributed by atoms with van der Waals surface area (Å²) in [5.74, 6) is 6.56. The van der Waals surface area contributed by atoms with Gasteiger partial charge in [-0.05, 0) is 32.0 Å². The van der Waals surface area contributed by atoms with Crippen molar-refractivity contribution in [2.24, 2.45) is 0 Å². The van der Waals surface area contributed by atoms with Crippen LogP contribution >= 0.6 is 0 Å². The first-order chi connectivity index (χ1) is 12.9. The molecule has 0 spiro atoms. The summed E-state index contributed by atoms with van der Waals surface area (Å²) in [7, 11) is 0. The molecule has 0 unspecified atom stereocenters. The number of anilines is 1. The molecule has 0 atom stereocenters. The van der Waals surface area contributed by atoms with E-state index in [0.717, 1.165) is 17.7 Å². The van der Waals surface area contributed by atoms with Crippen molar-refractivity contribution in [3.63, 3.8) is 0 Å². The highest BCUT2D eigenvalue weighted by Crippen LogP contribution is 2.41. The molecule has 0 aromatic heterocycles. The van der Waals surface area contributed by atoms with E-state index in [1.54, 1.807) is 12.1 Å². The van der Waals surface area contributed by atoms with E-state index >= 15 is 0 Å². The second kappa shape index (κ2) is 8.00. The SMILES string of the molecule is CC1(C)Cc2cccc(OCC#CCNC(=O)Nc3ccccc3F)c2O1. The maximum Gasteiger partial charge on any atom is 0.320 e. The number of halogens is 1. The van der Waals surface area contributed by atoms with Gasteiger partial charge in [-0.15, -0.1) is 0 Å². The minimum atomic E-state index is -0.521. The van der Waals surface area contributed by atoms with Gasteiger partial charge in [0.1, 0.15) is 18.0 Å². The Morgan fingerprint density at radius 2 is 2.04 bits per heavy atom. The first-order valence-corrected chi connectivity index (χ1v) is 8.63. The smallest absolute Gasteiger partial charge is 0.320 e. The summed E-state index contributed by atoms with van der Waals surface area (Å²) >= 11 is 0. The van der Waals surface area contributed by atoms with E-state index in [1.807, 2.05) is 32.0 Å². The van der Waals surface area contributed by atoms with E-state index in [9.17, 15) is 9.18 Å². The summed E-state index contributed by atoms with van der Waals surface area (Å²) in [6, 6.07) is 11.2. The van der Waals surface area contributed by atoms with Crippen molar-refractivity contribution in [2.45, 2.75) is 25.9 Å². The highest BCUT2D eigenvalue weighted by Gasteiger charge is 2.32. The van der Waals surface area contributed by atoms with Gasteiger partial charge in [-0.25, -0.2) is 9.18 Å². The average Bonchev–Trinajstić information content (AvgIpc) is 2.94. The normalized spacial score (nSPS) is 13.6. The van der Waals surface area contributed by atoms with Crippen molar-refractivity contribution >= 4 is 11.7 Å². The van der Waals surface area contributed by atoms with Crippen LogP contribution in [0.2, 0.25) is 0 Å². The number of rotatable bonds is 4. The summed E-state index contributed by atoms with van der Waals surface area (Å²) in [5.41, 5.74) is 1.01. The van der Waals surface area contributed by atoms with Gasteiger partial charge in [0, 0.05) is 12.0 Å². The first kappa shape index (κ1) is 18.6. The lowest BCUT2D eigenvalue weighted by Gasteiger charge is -2.17. The van der Waals surface area contributed by atoms with Gasteiger partial charge in [0.2, 0.25) is 0 Å². The van der Waals surface area contributed by atoms with Crippen molar-refractivity contribution in [3.05, 3.63) is 53.8 Å². The Morgan fingerprint density at radius 1 is 1.22 bits per heavy atom. The Kier molecular flexibility index (Phi) is 5.51. The Bertz CT molecular complexity index is 900. The standard InChI is InChI=1S/C21H21FN2O3/c1-21(2)14-15-8-7-11-18(19(15)27-21)26-13-6-5-12-23-20(25)24-17-10-4-3-9-16(17)22/h3-4,7-11H,12-14H2,1-2H3,(H2,23,24,25). The van der Waals surface area contributed by atoms with E-state index in [-0.39, 0.29) is 24.4 Å². The first-order valence-electron chi connectivity index (χ1n) is 8.63. The van der Waals surface area contributed by atoms with Crippen LogP contribution in [0.3, 0.4) is 0 Å². The lowest BCUT2D eigenvalue weighted by molar-refractivity contribution is 0.133. The number of urea groups is 1. The van der Waals surface area contributed by atoms with Crippen molar-refractivity contribution in [3.8, 4) is 23.3 Å². The van der Waals surface area contributed by atoms with Gasteiger partial charge in [0.15, 0.2) is 11.5 Å². The number of hydrogen-bond acceptors (Lipinski definition) is 3. The second-order valence-corrected chi connectivity index (χ2v) is 6.71. The number of para-hydroxylation sites is 2. The number of hydrogen-bond donors (Lipinski definition) is 2. The molecule has 0 saturated heterocycles. The Morgan fingerprint density at radius 3 is 2.85 bits per heavy atom. The molecular weight excluding hydrogens is 347 g/mol. The predicted molar refractivity (Wildman–Crippen MR) is 102 cm³/mol. The van der Waals surface area contributed by atoms with Crippen LogP contribution in [0.5, 0.6) is 11.5 Å². The summed E-state index contributed by atoms with van der Waals surface area (Å²) in [6.07, 6.45) is 0.840. The topological polar surface area (TPSA) is 59.6 Å². The van der Waals surface area contributed by atoms with Gasteiger partial charge in [-0.2, -0.15) is 0 Å². The largest absolute Gasteiger partial charge is 0.483 e. The Hall–Kier alpha value is -3.20. The molecule has 0 fully saturated rings. The number of amides is 2. The molecule has 0 radical (unpaired) electrons. The van der Waals surface area contributed by atoms with Gasteiger partial charge < -0.3 is 20.1 Å². The maximum absolute atomic E-state index is 13.4. The third-order valence-corrected chi connectivity index (χ3v) is 3.94. The van der Waals surface area contributed by atoms with Crippen LogP contribution in [0.25, 0.3) is 0 Å². The summed E-state index contributed by atoms with van der Waals surface area (Å²) < 4.78 is 25.1. The molecule has 6 heteroatoms. The number of ether oxygens (including phenoxy) is 2. The van der Waals surface area contributed by atoms with E-state index in [4.69, 9.17) is 9.47 Å².